The van der Waals surface area contributed by atoms with Gasteiger partial charge in [-0.25, -0.2) is 4.79 Å². The third-order valence-electron chi connectivity index (χ3n) is 8.04. The van der Waals surface area contributed by atoms with Gasteiger partial charge in [0.1, 0.15) is 6.61 Å². The van der Waals surface area contributed by atoms with Crippen molar-refractivity contribution in [3.8, 4) is 11.1 Å². The van der Waals surface area contributed by atoms with E-state index in [0.717, 1.165) is 35.4 Å². The zero-order valence-corrected chi connectivity index (χ0v) is 22.4. The van der Waals surface area contributed by atoms with Crippen LogP contribution in [0.5, 0.6) is 0 Å². The first-order valence-electron chi connectivity index (χ1n) is 14.2. The molecule has 1 aliphatic rings. The van der Waals surface area contributed by atoms with Gasteiger partial charge < -0.3 is 9.84 Å². The smallest absolute Gasteiger partial charge is 0.330 e. The van der Waals surface area contributed by atoms with Crippen LogP contribution in [-0.4, -0.2) is 17.7 Å². The van der Waals surface area contributed by atoms with Crippen LogP contribution in [0, 0.1) is 5.92 Å². The van der Waals surface area contributed by atoms with Crippen molar-refractivity contribution >= 4 is 16.7 Å². The van der Waals surface area contributed by atoms with Crippen LogP contribution in [0.4, 0.5) is 0 Å². The predicted molar refractivity (Wildman–Crippen MR) is 154 cm³/mol. The summed E-state index contributed by atoms with van der Waals surface area (Å²) in [6.07, 6.45) is 13.3. The highest BCUT2D eigenvalue weighted by Gasteiger charge is 2.24. The second-order valence-corrected chi connectivity index (χ2v) is 10.7. The number of hydrogen-bond donors (Lipinski definition) is 1. The van der Waals surface area contributed by atoms with Crippen LogP contribution >= 0.6 is 0 Å². The minimum absolute atomic E-state index is 0.220. The van der Waals surface area contributed by atoms with Crippen molar-refractivity contribution in [3.63, 3.8) is 0 Å². The summed E-state index contributed by atoms with van der Waals surface area (Å²) < 4.78 is 5.53. The first-order chi connectivity index (χ1) is 18.1. The molecule has 3 nitrogen and oxygen atoms in total. The minimum Gasteiger partial charge on any atom is -0.458 e. The van der Waals surface area contributed by atoms with Crippen molar-refractivity contribution in [2.45, 2.75) is 83.7 Å². The number of aliphatic hydroxyl groups is 1. The number of benzene rings is 3. The van der Waals surface area contributed by atoms with Crippen molar-refractivity contribution in [3.05, 3.63) is 83.9 Å². The van der Waals surface area contributed by atoms with Gasteiger partial charge in [0, 0.05) is 12.7 Å². The number of fused-ring (bicyclic) bond motifs is 1. The van der Waals surface area contributed by atoms with E-state index in [1.807, 2.05) is 0 Å². The van der Waals surface area contributed by atoms with Gasteiger partial charge in [0.15, 0.2) is 0 Å². The molecule has 0 unspecified atom stereocenters. The van der Waals surface area contributed by atoms with Crippen molar-refractivity contribution in [2.75, 3.05) is 6.61 Å². The lowest BCUT2D eigenvalue weighted by Gasteiger charge is -2.30. The third-order valence-corrected chi connectivity index (χ3v) is 8.04. The Hall–Kier alpha value is -2.91. The number of esters is 1. The van der Waals surface area contributed by atoms with Crippen molar-refractivity contribution in [1.82, 2.24) is 0 Å². The maximum atomic E-state index is 11.9. The standard InChI is InChI=1S/C34H42O3/c1-3-5-6-8-25-10-13-27(14-11-25)33-19-18-31(23-32(33)24-37-34(36)4-2)30-17-16-28-21-26(9-7-20-35)12-15-29(28)22-30/h4,12,15-19,21-23,25,27,35H,2-3,5-11,13-14,20,24H2,1H3. The molecule has 0 amide bonds. The van der Waals surface area contributed by atoms with Crippen LogP contribution in [0.15, 0.2) is 67.3 Å². The third kappa shape index (κ3) is 7.32. The maximum absolute atomic E-state index is 11.9. The average Bonchev–Trinajstić information content (AvgIpc) is 2.94. The second-order valence-electron chi connectivity index (χ2n) is 10.7. The van der Waals surface area contributed by atoms with E-state index in [-0.39, 0.29) is 19.2 Å². The van der Waals surface area contributed by atoms with Crippen molar-refractivity contribution in [1.29, 1.82) is 0 Å². The fraction of sp³-hybridized carbons (Fsp3) is 0.441. The summed E-state index contributed by atoms with van der Waals surface area (Å²) in [7, 11) is 0. The first-order valence-corrected chi connectivity index (χ1v) is 14.2. The Balaban J connectivity index is 1.55. The molecular formula is C34H42O3. The molecule has 0 spiro atoms. The van der Waals surface area contributed by atoms with Gasteiger partial charge in [0.05, 0.1) is 0 Å². The summed E-state index contributed by atoms with van der Waals surface area (Å²) in [5.74, 6) is 1.02. The Morgan fingerprint density at radius 1 is 0.946 bits per heavy atom. The molecule has 1 aliphatic carbocycles. The Bertz CT molecular complexity index is 1190. The number of ether oxygens (including phenoxy) is 1. The number of rotatable bonds is 12. The molecule has 0 radical (unpaired) electrons. The van der Waals surface area contributed by atoms with Crippen molar-refractivity contribution < 1.29 is 14.6 Å². The van der Waals surface area contributed by atoms with E-state index in [2.05, 4.69) is 68.1 Å². The minimum atomic E-state index is -0.376. The van der Waals surface area contributed by atoms with Gasteiger partial charge in [0.2, 0.25) is 0 Å². The van der Waals surface area contributed by atoms with E-state index in [1.165, 1.54) is 79.3 Å². The van der Waals surface area contributed by atoms with Crippen molar-refractivity contribution in [2.24, 2.45) is 5.92 Å². The lowest BCUT2D eigenvalue weighted by atomic mass is 9.75. The number of carbonyl (C=O) groups excluding carboxylic acids is 1. The van der Waals surface area contributed by atoms with Crippen LogP contribution < -0.4 is 0 Å². The van der Waals surface area contributed by atoms with E-state index in [9.17, 15) is 4.79 Å². The van der Waals surface area contributed by atoms with Gasteiger partial charge in [-0.3, -0.25) is 0 Å². The summed E-state index contributed by atoms with van der Waals surface area (Å²) >= 11 is 0. The molecule has 3 aromatic rings. The van der Waals surface area contributed by atoms with Crippen LogP contribution in [0.3, 0.4) is 0 Å². The van der Waals surface area contributed by atoms with Gasteiger partial charge in [-0.15, -0.1) is 0 Å². The molecule has 0 aliphatic heterocycles. The highest BCUT2D eigenvalue weighted by Crippen LogP contribution is 2.40. The first kappa shape index (κ1) is 27.1. The predicted octanol–water partition coefficient (Wildman–Crippen LogP) is 8.52. The van der Waals surface area contributed by atoms with Gasteiger partial charge in [-0.05, 0) is 101 Å². The summed E-state index contributed by atoms with van der Waals surface area (Å²) in [6, 6.07) is 19.9. The molecule has 37 heavy (non-hydrogen) atoms. The second kappa shape index (κ2) is 13.6. The molecule has 1 N–H and O–H groups in total. The molecule has 3 heteroatoms. The highest BCUT2D eigenvalue weighted by molar-refractivity contribution is 5.88. The Morgan fingerprint density at radius 3 is 2.43 bits per heavy atom. The Kier molecular flexibility index (Phi) is 9.96. The lowest BCUT2D eigenvalue weighted by Crippen LogP contribution is -2.15. The number of aliphatic hydroxyl groups excluding tert-OH is 1. The molecule has 4 rings (SSSR count). The zero-order chi connectivity index (χ0) is 26.0. The van der Waals surface area contributed by atoms with Gasteiger partial charge >= 0.3 is 5.97 Å². The topological polar surface area (TPSA) is 46.5 Å². The highest BCUT2D eigenvalue weighted by atomic mass is 16.5. The quantitative estimate of drug-likeness (QED) is 0.155. The largest absolute Gasteiger partial charge is 0.458 e. The van der Waals surface area contributed by atoms with Gasteiger partial charge in [-0.1, -0.05) is 81.7 Å². The van der Waals surface area contributed by atoms with E-state index in [1.54, 1.807) is 0 Å². The SMILES string of the molecule is C=CC(=O)OCc1cc(-c2ccc3cc(CCCO)ccc3c2)ccc1C1CCC(CCCCC)CC1. The van der Waals surface area contributed by atoms with E-state index < -0.39 is 0 Å². The van der Waals surface area contributed by atoms with Crippen LogP contribution in [0.2, 0.25) is 0 Å². The Morgan fingerprint density at radius 2 is 1.68 bits per heavy atom. The van der Waals surface area contributed by atoms with Crippen LogP contribution in [0.1, 0.15) is 87.3 Å². The number of aryl methyl sites for hydroxylation is 1. The van der Waals surface area contributed by atoms with E-state index in [4.69, 9.17) is 9.84 Å². The molecule has 1 fully saturated rings. The Labute approximate surface area is 222 Å². The fourth-order valence-electron chi connectivity index (χ4n) is 5.87. The lowest BCUT2D eigenvalue weighted by molar-refractivity contribution is -0.139. The summed E-state index contributed by atoms with van der Waals surface area (Å²) in [5, 5.41) is 11.5. The van der Waals surface area contributed by atoms with E-state index in [0.29, 0.717) is 5.92 Å². The fourth-order valence-corrected chi connectivity index (χ4v) is 5.87. The number of carbonyl (C=O) groups is 1. The molecule has 196 valence electrons. The monoisotopic (exact) mass is 498 g/mol. The molecular weight excluding hydrogens is 456 g/mol. The molecule has 0 bridgehead atoms. The molecule has 0 atom stereocenters. The summed E-state index contributed by atoms with van der Waals surface area (Å²) in [6.45, 7) is 6.33. The normalized spacial score (nSPS) is 17.6. The molecule has 3 aromatic carbocycles. The molecule has 1 saturated carbocycles. The van der Waals surface area contributed by atoms with Gasteiger partial charge in [-0.2, -0.15) is 0 Å². The average molecular weight is 499 g/mol. The molecule has 0 saturated heterocycles. The van der Waals surface area contributed by atoms with Gasteiger partial charge in [0.25, 0.3) is 0 Å². The molecule has 0 aromatic heterocycles. The summed E-state index contributed by atoms with van der Waals surface area (Å²) in [4.78, 5) is 11.9. The zero-order valence-electron chi connectivity index (χ0n) is 22.4. The van der Waals surface area contributed by atoms with Crippen LogP contribution in [0.25, 0.3) is 21.9 Å². The number of hydrogen-bond acceptors (Lipinski definition) is 3. The molecule has 0 heterocycles. The maximum Gasteiger partial charge on any atom is 0.330 e. The summed E-state index contributed by atoms with van der Waals surface area (Å²) in [5.41, 5.74) is 6.01. The van der Waals surface area contributed by atoms with Crippen LogP contribution in [-0.2, 0) is 22.6 Å². The number of unbranched alkanes of at least 4 members (excludes halogenated alkanes) is 2. The van der Waals surface area contributed by atoms with E-state index >= 15 is 0 Å².